The van der Waals surface area contributed by atoms with E-state index in [0.29, 0.717) is 24.6 Å². The zero-order valence-corrected chi connectivity index (χ0v) is 13.7. The van der Waals surface area contributed by atoms with E-state index in [0.717, 1.165) is 26.1 Å². The first-order valence-corrected chi connectivity index (χ1v) is 8.97. The van der Waals surface area contributed by atoms with E-state index >= 15 is 0 Å². The van der Waals surface area contributed by atoms with Crippen molar-refractivity contribution in [2.45, 2.75) is 37.9 Å². The standard InChI is InChI=1S/C14H24F3N3OS/c1-2-19-6-3-7-20(9-8-19)12(21)18-13(14(15,16)17)4-10-22-11-5-13/h2-11H2,1H3,(H,18,21). The van der Waals surface area contributed by atoms with E-state index in [1.165, 1.54) is 16.7 Å². The Kier molecular flexibility index (Phi) is 5.87. The van der Waals surface area contributed by atoms with Gasteiger partial charge in [-0.3, -0.25) is 0 Å². The number of nitrogens with zero attached hydrogens (tertiary/aromatic N) is 2. The summed E-state index contributed by atoms with van der Waals surface area (Å²) in [6.07, 6.45) is -3.68. The van der Waals surface area contributed by atoms with Gasteiger partial charge in [-0.2, -0.15) is 24.9 Å². The first-order valence-electron chi connectivity index (χ1n) is 7.82. The van der Waals surface area contributed by atoms with Crippen LogP contribution in [0.1, 0.15) is 26.2 Å². The summed E-state index contributed by atoms with van der Waals surface area (Å²) in [7, 11) is 0. The lowest BCUT2D eigenvalue weighted by Crippen LogP contribution is -2.63. The smallest absolute Gasteiger partial charge is 0.323 e. The van der Waals surface area contributed by atoms with E-state index in [9.17, 15) is 18.0 Å². The second kappa shape index (κ2) is 7.29. The molecule has 8 heteroatoms. The van der Waals surface area contributed by atoms with Crippen molar-refractivity contribution in [2.24, 2.45) is 0 Å². The Labute approximate surface area is 133 Å². The fraction of sp³-hybridized carbons (Fsp3) is 0.929. The van der Waals surface area contributed by atoms with Crippen molar-refractivity contribution in [1.82, 2.24) is 15.1 Å². The molecule has 1 N–H and O–H groups in total. The molecule has 0 saturated carbocycles. The maximum Gasteiger partial charge on any atom is 0.411 e. The molecule has 4 nitrogen and oxygen atoms in total. The number of hydrogen-bond donors (Lipinski definition) is 1. The van der Waals surface area contributed by atoms with E-state index in [1.54, 1.807) is 0 Å². The minimum absolute atomic E-state index is 0.0398. The average Bonchev–Trinajstić information content (AvgIpc) is 2.72. The van der Waals surface area contributed by atoms with Crippen LogP contribution in [0.3, 0.4) is 0 Å². The number of thioether (sulfide) groups is 1. The summed E-state index contributed by atoms with van der Waals surface area (Å²) < 4.78 is 40.4. The lowest BCUT2D eigenvalue weighted by atomic mass is 9.91. The number of urea groups is 1. The fourth-order valence-corrected chi connectivity index (χ4v) is 4.16. The highest BCUT2D eigenvalue weighted by Gasteiger charge is 2.56. The molecule has 0 aromatic rings. The molecule has 0 bridgehead atoms. The van der Waals surface area contributed by atoms with Crippen LogP contribution >= 0.6 is 11.8 Å². The predicted octanol–water partition coefficient (Wildman–Crippen LogP) is 2.55. The van der Waals surface area contributed by atoms with Crippen LogP contribution in [-0.4, -0.2) is 71.8 Å². The number of nitrogens with one attached hydrogen (secondary N) is 1. The summed E-state index contributed by atoms with van der Waals surface area (Å²) in [5.41, 5.74) is -2.05. The minimum atomic E-state index is -4.40. The largest absolute Gasteiger partial charge is 0.411 e. The van der Waals surface area contributed by atoms with Gasteiger partial charge in [0, 0.05) is 19.6 Å². The second-order valence-electron chi connectivity index (χ2n) is 5.90. The van der Waals surface area contributed by atoms with Gasteiger partial charge in [0.15, 0.2) is 0 Å². The number of amides is 2. The lowest BCUT2D eigenvalue weighted by molar-refractivity contribution is -0.195. The van der Waals surface area contributed by atoms with Gasteiger partial charge < -0.3 is 15.1 Å². The zero-order valence-electron chi connectivity index (χ0n) is 12.9. The van der Waals surface area contributed by atoms with Gasteiger partial charge in [0.05, 0.1) is 0 Å². The molecule has 2 aliphatic heterocycles. The summed E-state index contributed by atoms with van der Waals surface area (Å²) in [4.78, 5) is 16.1. The number of alkyl halides is 3. The Hall–Kier alpha value is -0.630. The summed E-state index contributed by atoms with van der Waals surface area (Å²) in [6, 6.07) is -0.567. The van der Waals surface area contributed by atoms with Crippen molar-refractivity contribution in [3.63, 3.8) is 0 Å². The van der Waals surface area contributed by atoms with Gasteiger partial charge in [-0.15, -0.1) is 0 Å². The zero-order chi connectivity index (χ0) is 16.2. The molecule has 2 amide bonds. The highest BCUT2D eigenvalue weighted by Crippen LogP contribution is 2.40. The third-order valence-corrected chi connectivity index (χ3v) is 5.54. The number of carbonyl (C=O) groups is 1. The molecule has 2 heterocycles. The first kappa shape index (κ1) is 17.7. The van der Waals surface area contributed by atoms with E-state index in [-0.39, 0.29) is 12.8 Å². The molecule has 2 aliphatic rings. The summed E-state index contributed by atoms with van der Waals surface area (Å²) >= 11 is 1.51. The Bertz CT molecular complexity index is 386. The van der Waals surface area contributed by atoms with Crippen molar-refractivity contribution >= 4 is 17.8 Å². The van der Waals surface area contributed by atoms with Gasteiger partial charge in [-0.1, -0.05) is 6.92 Å². The number of hydrogen-bond acceptors (Lipinski definition) is 3. The average molecular weight is 339 g/mol. The molecular weight excluding hydrogens is 315 g/mol. The van der Waals surface area contributed by atoms with E-state index in [4.69, 9.17) is 0 Å². The van der Waals surface area contributed by atoms with Crippen LogP contribution in [0.4, 0.5) is 18.0 Å². The number of carbonyl (C=O) groups excluding carboxylic acids is 1. The van der Waals surface area contributed by atoms with Crippen molar-refractivity contribution in [1.29, 1.82) is 0 Å². The Morgan fingerprint density at radius 3 is 2.45 bits per heavy atom. The number of rotatable bonds is 2. The molecule has 2 rings (SSSR count). The predicted molar refractivity (Wildman–Crippen MR) is 82.2 cm³/mol. The van der Waals surface area contributed by atoms with E-state index < -0.39 is 17.7 Å². The Morgan fingerprint density at radius 1 is 1.18 bits per heavy atom. The Balaban J connectivity index is 2.02. The van der Waals surface area contributed by atoms with Gasteiger partial charge in [0.2, 0.25) is 0 Å². The molecule has 0 aromatic carbocycles. The van der Waals surface area contributed by atoms with Crippen LogP contribution in [-0.2, 0) is 0 Å². The van der Waals surface area contributed by atoms with Crippen molar-refractivity contribution in [3.8, 4) is 0 Å². The van der Waals surface area contributed by atoms with Crippen LogP contribution in [0, 0.1) is 0 Å². The van der Waals surface area contributed by atoms with Gasteiger partial charge in [-0.05, 0) is 43.9 Å². The molecule has 0 aromatic heterocycles. The lowest BCUT2D eigenvalue weighted by Gasteiger charge is -2.40. The maximum atomic E-state index is 13.5. The van der Waals surface area contributed by atoms with Crippen molar-refractivity contribution in [2.75, 3.05) is 44.2 Å². The summed E-state index contributed by atoms with van der Waals surface area (Å²) in [5, 5.41) is 2.33. The minimum Gasteiger partial charge on any atom is -0.323 e. The summed E-state index contributed by atoms with van der Waals surface area (Å²) in [6.45, 7) is 5.57. The molecule has 128 valence electrons. The fourth-order valence-electron chi connectivity index (χ4n) is 2.97. The first-order chi connectivity index (χ1) is 10.4. The molecule has 0 radical (unpaired) electrons. The monoisotopic (exact) mass is 339 g/mol. The van der Waals surface area contributed by atoms with Crippen LogP contribution in [0.2, 0.25) is 0 Å². The molecular formula is C14H24F3N3OS. The van der Waals surface area contributed by atoms with E-state index in [2.05, 4.69) is 10.2 Å². The topological polar surface area (TPSA) is 35.6 Å². The third kappa shape index (κ3) is 4.01. The molecule has 22 heavy (non-hydrogen) atoms. The normalized spacial score (nSPS) is 23.9. The van der Waals surface area contributed by atoms with Crippen LogP contribution in [0.15, 0.2) is 0 Å². The maximum absolute atomic E-state index is 13.5. The molecule has 2 fully saturated rings. The van der Waals surface area contributed by atoms with Gasteiger partial charge in [-0.25, -0.2) is 4.79 Å². The van der Waals surface area contributed by atoms with E-state index in [1.807, 2.05) is 6.92 Å². The number of likely N-dealkylation sites (N-methyl/N-ethyl adjacent to an activating group) is 1. The van der Waals surface area contributed by atoms with Gasteiger partial charge >= 0.3 is 12.2 Å². The highest BCUT2D eigenvalue weighted by atomic mass is 32.2. The molecule has 2 saturated heterocycles. The van der Waals surface area contributed by atoms with Crippen molar-refractivity contribution in [3.05, 3.63) is 0 Å². The van der Waals surface area contributed by atoms with Gasteiger partial charge in [0.25, 0.3) is 0 Å². The SMILES string of the molecule is CCN1CCCN(C(=O)NC2(C(F)(F)F)CCSCC2)CC1. The van der Waals surface area contributed by atoms with Crippen LogP contribution in [0.25, 0.3) is 0 Å². The second-order valence-corrected chi connectivity index (χ2v) is 7.12. The number of halogens is 3. The quantitative estimate of drug-likeness (QED) is 0.840. The Morgan fingerprint density at radius 2 is 1.86 bits per heavy atom. The molecule has 0 unspecified atom stereocenters. The molecule has 0 aliphatic carbocycles. The van der Waals surface area contributed by atoms with Crippen molar-refractivity contribution < 1.29 is 18.0 Å². The highest BCUT2D eigenvalue weighted by molar-refractivity contribution is 7.99. The van der Waals surface area contributed by atoms with Gasteiger partial charge in [0.1, 0.15) is 5.54 Å². The van der Waals surface area contributed by atoms with Crippen LogP contribution in [0.5, 0.6) is 0 Å². The van der Waals surface area contributed by atoms with Crippen LogP contribution < -0.4 is 5.32 Å². The third-order valence-electron chi connectivity index (χ3n) is 4.56. The molecule has 0 atom stereocenters. The summed E-state index contributed by atoms with van der Waals surface area (Å²) in [5.74, 6) is 0.868. The molecule has 0 spiro atoms.